The highest BCUT2D eigenvalue weighted by atomic mass is 35.5. The maximum atomic E-state index is 12.5. The summed E-state index contributed by atoms with van der Waals surface area (Å²) < 4.78 is 26.8. The van der Waals surface area contributed by atoms with E-state index in [1.165, 1.54) is 42.6 Å². The maximum absolute atomic E-state index is 12.5. The molecule has 0 atom stereocenters. The number of rotatable bonds is 5. The first-order valence-corrected chi connectivity index (χ1v) is 10.3. The summed E-state index contributed by atoms with van der Waals surface area (Å²) in [6, 6.07) is 11.0. The van der Waals surface area contributed by atoms with Gasteiger partial charge in [0.15, 0.2) is 5.13 Å². The molecule has 3 aromatic rings. The number of carbonyl (C=O) groups excluding carboxylic acids is 1. The van der Waals surface area contributed by atoms with Crippen molar-refractivity contribution in [3.63, 3.8) is 0 Å². The van der Waals surface area contributed by atoms with Gasteiger partial charge in [-0.05, 0) is 42.5 Å². The van der Waals surface area contributed by atoms with Crippen LogP contribution >= 0.6 is 34.5 Å². The van der Waals surface area contributed by atoms with Crippen LogP contribution in [0.15, 0.2) is 47.4 Å². The Balaban J connectivity index is 1.71. The summed E-state index contributed by atoms with van der Waals surface area (Å²) in [4.78, 5) is 16.5. The van der Waals surface area contributed by atoms with Gasteiger partial charge in [-0.25, -0.2) is 13.4 Å². The minimum Gasteiger partial charge on any atom is -0.301 e. The largest absolute Gasteiger partial charge is 0.301 e. The fourth-order valence-corrected chi connectivity index (χ4v) is 4.60. The second-order valence-electron chi connectivity index (χ2n) is 5.39. The molecule has 0 radical (unpaired) electrons. The number of sulfonamides is 1. The second kappa shape index (κ2) is 7.50. The molecule has 0 spiro atoms. The Morgan fingerprint density at radius 1 is 1.15 bits per heavy atom. The van der Waals surface area contributed by atoms with Gasteiger partial charge in [0.25, 0.3) is 0 Å². The van der Waals surface area contributed by atoms with Crippen molar-refractivity contribution in [3.8, 4) is 0 Å². The van der Waals surface area contributed by atoms with E-state index in [2.05, 4.69) is 10.3 Å². The quantitative estimate of drug-likeness (QED) is 0.667. The Labute approximate surface area is 164 Å². The zero-order valence-electron chi connectivity index (χ0n) is 13.4. The van der Waals surface area contributed by atoms with Crippen LogP contribution in [0.2, 0.25) is 10.0 Å². The Morgan fingerprint density at radius 3 is 2.50 bits per heavy atom. The van der Waals surface area contributed by atoms with E-state index in [1.807, 2.05) is 0 Å². The van der Waals surface area contributed by atoms with Gasteiger partial charge in [0.2, 0.25) is 15.9 Å². The molecule has 2 aromatic carbocycles. The summed E-state index contributed by atoms with van der Waals surface area (Å²) in [5.74, 6) is -0.491. The van der Waals surface area contributed by atoms with Gasteiger partial charge in [-0.3, -0.25) is 4.79 Å². The molecule has 1 aromatic heterocycles. The van der Waals surface area contributed by atoms with E-state index in [0.717, 1.165) is 9.01 Å². The number of nitrogens with one attached hydrogen (secondary N) is 1. The van der Waals surface area contributed by atoms with Crippen LogP contribution in [0.1, 0.15) is 0 Å². The van der Waals surface area contributed by atoms with Crippen molar-refractivity contribution in [2.24, 2.45) is 0 Å². The number of thiazole rings is 1. The van der Waals surface area contributed by atoms with Crippen molar-refractivity contribution < 1.29 is 13.2 Å². The maximum Gasteiger partial charge on any atom is 0.243 e. The fourth-order valence-electron chi connectivity index (χ4n) is 2.18. The molecule has 10 heteroatoms. The first-order valence-electron chi connectivity index (χ1n) is 7.33. The molecule has 0 aliphatic rings. The van der Waals surface area contributed by atoms with Crippen LogP contribution in [0, 0.1) is 0 Å². The van der Waals surface area contributed by atoms with E-state index in [9.17, 15) is 13.2 Å². The third-order valence-corrected chi connectivity index (χ3v) is 6.72. The number of amides is 1. The van der Waals surface area contributed by atoms with E-state index >= 15 is 0 Å². The number of aromatic nitrogens is 1. The molecule has 1 N–H and O–H groups in total. The number of hydrogen-bond donors (Lipinski definition) is 1. The number of halogens is 2. The van der Waals surface area contributed by atoms with Crippen LogP contribution in [-0.2, 0) is 14.8 Å². The summed E-state index contributed by atoms with van der Waals surface area (Å²) >= 11 is 13.0. The van der Waals surface area contributed by atoms with E-state index in [4.69, 9.17) is 23.2 Å². The smallest absolute Gasteiger partial charge is 0.243 e. The van der Waals surface area contributed by atoms with E-state index in [0.29, 0.717) is 20.7 Å². The number of likely N-dealkylation sites (N-methyl/N-ethyl adjacent to an activating group) is 1. The highest BCUT2D eigenvalue weighted by molar-refractivity contribution is 7.89. The summed E-state index contributed by atoms with van der Waals surface area (Å²) in [7, 11) is -2.46. The third-order valence-electron chi connectivity index (χ3n) is 3.48. The van der Waals surface area contributed by atoms with Gasteiger partial charge in [-0.15, -0.1) is 0 Å². The highest BCUT2D eigenvalue weighted by Gasteiger charge is 2.23. The molecule has 26 heavy (non-hydrogen) atoms. The lowest BCUT2D eigenvalue weighted by Crippen LogP contribution is -2.34. The number of fused-ring (bicyclic) bond motifs is 1. The zero-order chi connectivity index (χ0) is 18.9. The zero-order valence-corrected chi connectivity index (χ0v) is 16.6. The molecule has 0 unspecified atom stereocenters. The average Bonchev–Trinajstić information content (AvgIpc) is 2.96. The van der Waals surface area contributed by atoms with Crippen LogP contribution in [0.5, 0.6) is 0 Å². The molecule has 0 saturated heterocycles. The van der Waals surface area contributed by atoms with Gasteiger partial charge in [-0.1, -0.05) is 34.5 Å². The van der Waals surface area contributed by atoms with Crippen molar-refractivity contribution in [3.05, 3.63) is 52.5 Å². The van der Waals surface area contributed by atoms with Crippen molar-refractivity contribution in [1.29, 1.82) is 0 Å². The van der Waals surface area contributed by atoms with Crippen LogP contribution in [0.4, 0.5) is 5.13 Å². The lowest BCUT2D eigenvalue weighted by atomic mass is 10.3. The highest BCUT2D eigenvalue weighted by Crippen LogP contribution is 2.28. The van der Waals surface area contributed by atoms with Gasteiger partial charge in [0.05, 0.1) is 21.7 Å². The Kier molecular flexibility index (Phi) is 5.50. The Morgan fingerprint density at radius 2 is 1.81 bits per heavy atom. The standard InChI is InChI=1S/C16H13Cl2N3O3S2/c1-21(26(23,24)12-5-2-10(17)3-6-12)9-15(22)20-16-19-13-7-4-11(18)8-14(13)25-16/h2-8H,9H2,1H3,(H,19,20,22). The number of benzene rings is 2. The number of carbonyl (C=O) groups is 1. The molecule has 0 bridgehead atoms. The molecular formula is C16H13Cl2N3O3S2. The SMILES string of the molecule is CN(CC(=O)Nc1nc2ccc(Cl)cc2s1)S(=O)(=O)c1ccc(Cl)cc1. The van der Waals surface area contributed by atoms with E-state index in [1.54, 1.807) is 18.2 Å². The predicted molar refractivity (Wildman–Crippen MR) is 105 cm³/mol. The summed E-state index contributed by atoms with van der Waals surface area (Å²) in [5.41, 5.74) is 0.705. The van der Waals surface area contributed by atoms with Gasteiger partial charge >= 0.3 is 0 Å². The molecule has 0 saturated carbocycles. The predicted octanol–water partition coefficient (Wildman–Crippen LogP) is 3.86. The summed E-state index contributed by atoms with van der Waals surface area (Å²) in [6.07, 6.45) is 0. The van der Waals surface area contributed by atoms with Crippen LogP contribution in [0.3, 0.4) is 0 Å². The number of nitrogens with zero attached hydrogens (tertiary/aromatic N) is 2. The van der Waals surface area contributed by atoms with Gasteiger partial charge in [-0.2, -0.15) is 4.31 Å². The van der Waals surface area contributed by atoms with Crippen molar-refractivity contribution in [1.82, 2.24) is 9.29 Å². The monoisotopic (exact) mass is 429 g/mol. The third kappa shape index (κ3) is 4.16. The molecule has 1 heterocycles. The van der Waals surface area contributed by atoms with Crippen LogP contribution < -0.4 is 5.32 Å². The fraction of sp³-hybridized carbons (Fsp3) is 0.125. The molecule has 6 nitrogen and oxygen atoms in total. The second-order valence-corrected chi connectivity index (χ2v) is 9.34. The Hall–Kier alpha value is -1.71. The number of hydrogen-bond acceptors (Lipinski definition) is 5. The molecule has 0 aliphatic carbocycles. The molecule has 3 rings (SSSR count). The first-order chi connectivity index (χ1) is 12.3. The lowest BCUT2D eigenvalue weighted by molar-refractivity contribution is -0.116. The van der Waals surface area contributed by atoms with E-state index in [-0.39, 0.29) is 11.4 Å². The molecule has 0 aliphatic heterocycles. The van der Waals surface area contributed by atoms with Gasteiger partial charge < -0.3 is 5.32 Å². The van der Waals surface area contributed by atoms with E-state index < -0.39 is 15.9 Å². The summed E-state index contributed by atoms with van der Waals surface area (Å²) in [5, 5.41) is 4.00. The topological polar surface area (TPSA) is 79.4 Å². The number of anilines is 1. The van der Waals surface area contributed by atoms with Crippen molar-refractivity contribution >= 4 is 65.8 Å². The average molecular weight is 430 g/mol. The van der Waals surface area contributed by atoms with Gasteiger partial charge in [0.1, 0.15) is 0 Å². The minimum absolute atomic E-state index is 0.0619. The van der Waals surface area contributed by atoms with Crippen molar-refractivity contribution in [2.75, 3.05) is 18.9 Å². The van der Waals surface area contributed by atoms with Gasteiger partial charge in [0, 0.05) is 17.1 Å². The van der Waals surface area contributed by atoms with Crippen molar-refractivity contribution in [2.45, 2.75) is 4.90 Å². The first kappa shape index (κ1) is 19.1. The minimum atomic E-state index is -3.79. The lowest BCUT2D eigenvalue weighted by Gasteiger charge is -2.16. The Bertz CT molecular complexity index is 1070. The van der Waals surface area contributed by atoms with Crippen LogP contribution in [-0.4, -0.2) is 37.2 Å². The molecule has 0 fully saturated rings. The molecular weight excluding hydrogens is 417 g/mol. The molecule has 136 valence electrons. The van der Waals surface area contributed by atoms with Crippen LogP contribution in [0.25, 0.3) is 10.2 Å². The molecule has 1 amide bonds. The normalized spacial score (nSPS) is 11.8. The summed E-state index contributed by atoms with van der Waals surface area (Å²) in [6.45, 7) is -0.346.